The summed E-state index contributed by atoms with van der Waals surface area (Å²) in [6.45, 7) is 1.95. The Bertz CT molecular complexity index is 1300. The number of ether oxygens (including phenoxy) is 1. The van der Waals surface area contributed by atoms with Crippen molar-refractivity contribution in [3.05, 3.63) is 107 Å². The molecule has 0 aliphatic rings. The molecule has 31 heavy (non-hydrogen) atoms. The van der Waals surface area contributed by atoms with Crippen LogP contribution >= 0.6 is 0 Å². The van der Waals surface area contributed by atoms with Gasteiger partial charge >= 0.3 is 0 Å². The molecule has 0 saturated carbocycles. The Morgan fingerprint density at radius 1 is 0.935 bits per heavy atom. The Kier molecular flexibility index (Phi) is 5.63. The molecule has 0 spiro atoms. The summed E-state index contributed by atoms with van der Waals surface area (Å²) in [6.07, 6.45) is 1.68. The van der Waals surface area contributed by atoms with Crippen molar-refractivity contribution in [3.63, 3.8) is 0 Å². The fraction of sp³-hybridized carbons (Fsp3) is 0.115. The molecule has 0 saturated heterocycles. The zero-order chi connectivity index (χ0) is 21.8. The van der Waals surface area contributed by atoms with Crippen LogP contribution in [0.25, 0.3) is 22.3 Å². The molecular formula is C26H21N3O2. The topological polar surface area (TPSA) is 67.9 Å². The van der Waals surface area contributed by atoms with Crippen molar-refractivity contribution in [1.29, 1.82) is 5.26 Å². The van der Waals surface area contributed by atoms with Crippen LogP contribution < -0.4 is 10.3 Å². The van der Waals surface area contributed by atoms with Crippen LogP contribution in [0.1, 0.15) is 24.1 Å². The van der Waals surface area contributed by atoms with Gasteiger partial charge in [-0.3, -0.25) is 4.79 Å². The summed E-state index contributed by atoms with van der Waals surface area (Å²) in [5.41, 5.74) is 3.82. The molecule has 0 aliphatic carbocycles. The van der Waals surface area contributed by atoms with E-state index in [2.05, 4.69) is 11.2 Å². The van der Waals surface area contributed by atoms with Gasteiger partial charge in [-0.25, -0.2) is 4.68 Å². The van der Waals surface area contributed by atoms with Crippen LogP contribution in [0.5, 0.6) is 5.75 Å². The van der Waals surface area contributed by atoms with Crippen molar-refractivity contribution in [2.24, 2.45) is 0 Å². The summed E-state index contributed by atoms with van der Waals surface area (Å²) < 4.78 is 6.76. The maximum atomic E-state index is 13.7. The number of benzene rings is 3. The lowest BCUT2D eigenvalue weighted by molar-refractivity contribution is 0.415. The fourth-order valence-corrected chi connectivity index (χ4v) is 3.67. The van der Waals surface area contributed by atoms with Crippen molar-refractivity contribution >= 4 is 0 Å². The van der Waals surface area contributed by atoms with Crippen LogP contribution in [0.15, 0.2) is 89.9 Å². The molecule has 1 aromatic heterocycles. The zero-order valence-corrected chi connectivity index (χ0v) is 17.3. The van der Waals surface area contributed by atoms with E-state index in [0.717, 1.165) is 11.1 Å². The Morgan fingerprint density at radius 3 is 2.29 bits per heavy atom. The van der Waals surface area contributed by atoms with E-state index in [1.165, 1.54) is 4.68 Å². The third kappa shape index (κ3) is 3.84. The Morgan fingerprint density at radius 2 is 1.61 bits per heavy atom. The molecule has 0 amide bonds. The molecule has 1 atom stereocenters. The first-order valence-corrected chi connectivity index (χ1v) is 9.94. The minimum Gasteiger partial charge on any atom is -0.497 e. The Labute approximate surface area is 180 Å². The molecule has 0 N–H and O–H groups in total. The van der Waals surface area contributed by atoms with Crippen LogP contribution in [0.4, 0.5) is 0 Å². The van der Waals surface area contributed by atoms with Gasteiger partial charge in [0.1, 0.15) is 5.75 Å². The van der Waals surface area contributed by atoms with Gasteiger partial charge in [0.15, 0.2) is 0 Å². The summed E-state index contributed by atoms with van der Waals surface area (Å²) in [4.78, 5) is 13.7. The van der Waals surface area contributed by atoms with Crippen LogP contribution in [0.3, 0.4) is 0 Å². The minimum absolute atomic E-state index is 0.216. The summed E-state index contributed by atoms with van der Waals surface area (Å²) >= 11 is 0. The number of aromatic nitrogens is 2. The summed E-state index contributed by atoms with van der Waals surface area (Å²) in [5.74, 6) is 0.703. The second kappa shape index (κ2) is 8.68. The van der Waals surface area contributed by atoms with E-state index in [-0.39, 0.29) is 11.6 Å². The maximum Gasteiger partial charge on any atom is 0.275 e. The lowest BCUT2D eigenvalue weighted by Gasteiger charge is -2.18. The van der Waals surface area contributed by atoms with Crippen LogP contribution in [0, 0.1) is 11.3 Å². The summed E-state index contributed by atoms with van der Waals surface area (Å²) in [5, 5.41) is 14.1. The number of hydrogen-bond acceptors (Lipinski definition) is 4. The van der Waals surface area contributed by atoms with E-state index in [9.17, 15) is 10.1 Å². The van der Waals surface area contributed by atoms with Gasteiger partial charge in [0.2, 0.25) is 0 Å². The van der Waals surface area contributed by atoms with Gasteiger partial charge in [0.05, 0.1) is 36.5 Å². The molecule has 1 heterocycles. The van der Waals surface area contributed by atoms with Gasteiger partial charge < -0.3 is 4.74 Å². The number of nitrogens with zero attached hydrogens (tertiary/aromatic N) is 3. The first-order chi connectivity index (χ1) is 15.1. The highest BCUT2D eigenvalue weighted by Gasteiger charge is 2.20. The highest BCUT2D eigenvalue weighted by Crippen LogP contribution is 2.32. The third-order valence-electron chi connectivity index (χ3n) is 5.37. The average Bonchev–Trinajstić information content (AvgIpc) is 2.84. The molecule has 1 unspecified atom stereocenters. The van der Waals surface area contributed by atoms with E-state index in [1.807, 2.05) is 73.7 Å². The lowest BCUT2D eigenvalue weighted by atomic mass is 9.94. The van der Waals surface area contributed by atoms with Crippen molar-refractivity contribution in [1.82, 2.24) is 9.78 Å². The van der Waals surface area contributed by atoms with Gasteiger partial charge in [-0.1, -0.05) is 60.7 Å². The molecule has 3 aromatic carbocycles. The van der Waals surface area contributed by atoms with Crippen LogP contribution in [-0.2, 0) is 0 Å². The van der Waals surface area contributed by atoms with Gasteiger partial charge in [-0.2, -0.15) is 10.4 Å². The number of methoxy groups -OCH3 is 1. The highest BCUT2D eigenvalue weighted by molar-refractivity contribution is 5.84. The highest BCUT2D eigenvalue weighted by atomic mass is 16.5. The average molecular weight is 407 g/mol. The SMILES string of the molecule is COc1ccc(-c2c(-c3ccccc3C#N)cnn(C(C)c3ccccc3)c2=O)cc1. The largest absolute Gasteiger partial charge is 0.497 e. The van der Waals surface area contributed by atoms with Crippen molar-refractivity contribution < 1.29 is 4.74 Å². The van der Waals surface area contributed by atoms with Crippen molar-refractivity contribution in [3.8, 4) is 34.1 Å². The van der Waals surface area contributed by atoms with Crippen LogP contribution in [-0.4, -0.2) is 16.9 Å². The zero-order valence-electron chi connectivity index (χ0n) is 17.3. The minimum atomic E-state index is -0.244. The third-order valence-corrected chi connectivity index (χ3v) is 5.37. The monoisotopic (exact) mass is 407 g/mol. The lowest BCUT2D eigenvalue weighted by Crippen LogP contribution is -2.28. The molecule has 0 aliphatic heterocycles. The molecule has 0 radical (unpaired) electrons. The van der Waals surface area contributed by atoms with E-state index in [0.29, 0.717) is 28.0 Å². The standard InChI is InChI=1S/C26H21N3O2/c1-18(19-8-4-3-5-9-19)29-26(30)25(20-12-14-22(31-2)15-13-20)24(17-28-29)23-11-7-6-10-21(23)16-27/h3-15,17-18H,1-2H3. The predicted octanol–water partition coefficient (Wildman–Crippen LogP) is 5.07. The van der Waals surface area contributed by atoms with E-state index < -0.39 is 0 Å². The molecular weight excluding hydrogens is 386 g/mol. The van der Waals surface area contributed by atoms with Crippen molar-refractivity contribution in [2.45, 2.75) is 13.0 Å². The molecule has 0 fully saturated rings. The quantitative estimate of drug-likeness (QED) is 0.463. The molecule has 5 nitrogen and oxygen atoms in total. The second-order valence-corrected chi connectivity index (χ2v) is 7.16. The number of rotatable bonds is 5. The van der Waals surface area contributed by atoms with Crippen LogP contribution in [0.2, 0.25) is 0 Å². The van der Waals surface area contributed by atoms with Crippen molar-refractivity contribution in [2.75, 3.05) is 7.11 Å². The molecule has 4 rings (SSSR count). The molecule has 0 bridgehead atoms. The Balaban J connectivity index is 1.97. The van der Waals surface area contributed by atoms with E-state index >= 15 is 0 Å². The normalized spacial score (nSPS) is 11.5. The van der Waals surface area contributed by atoms with Gasteiger partial charge in [0, 0.05) is 11.1 Å². The van der Waals surface area contributed by atoms with Gasteiger partial charge in [0.25, 0.3) is 5.56 Å². The summed E-state index contributed by atoms with van der Waals surface area (Å²) in [7, 11) is 1.60. The maximum absolute atomic E-state index is 13.7. The number of hydrogen-bond donors (Lipinski definition) is 0. The molecule has 152 valence electrons. The summed E-state index contributed by atoms with van der Waals surface area (Å²) in [6, 6.07) is 26.3. The predicted molar refractivity (Wildman–Crippen MR) is 121 cm³/mol. The van der Waals surface area contributed by atoms with E-state index in [1.54, 1.807) is 25.4 Å². The first-order valence-electron chi connectivity index (χ1n) is 9.94. The Hall–Kier alpha value is -4.17. The van der Waals surface area contributed by atoms with Gasteiger partial charge in [-0.05, 0) is 36.2 Å². The smallest absolute Gasteiger partial charge is 0.275 e. The molecule has 4 aromatic rings. The first kappa shape index (κ1) is 20.1. The second-order valence-electron chi connectivity index (χ2n) is 7.16. The number of nitriles is 1. The van der Waals surface area contributed by atoms with Gasteiger partial charge in [-0.15, -0.1) is 0 Å². The molecule has 5 heteroatoms. The fourth-order valence-electron chi connectivity index (χ4n) is 3.67. The van der Waals surface area contributed by atoms with E-state index in [4.69, 9.17) is 4.74 Å².